The van der Waals surface area contributed by atoms with E-state index < -0.39 is 16.0 Å². The maximum Gasteiger partial charge on any atom is 0.236 e. The minimum atomic E-state index is -1.52. The number of carbonyl (C=O) groups is 1. The van der Waals surface area contributed by atoms with Gasteiger partial charge in [-0.15, -0.1) is 0 Å². The first-order valence-electron chi connectivity index (χ1n) is 6.62. The summed E-state index contributed by atoms with van der Waals surface area (Å²) in [5.74, 6) is -0.233. The lowest BCUT2D eigenvalue weighted by atomic mass is 10.2. The molecule has 0 fully saturated rings. The van der Waals surface area contributed by atoms with Crippen LogP contribution in [-0.4, -0.2) is 21.4 Å². The summed E-state index contributed by atoms with van der Waals surface area (Å²) in [6.45, 7) is 5.62. The molecule has 0 saturated heterocycles. The van der Waals surface area contributed by atoms with E-state index in [4.69, 9.17) is 17.3 Å². The molecule has 1 aromatic carbocycles. The normalized spacial score (nSPS) is 15.4. The van der Waals surface area contributed by atoms with Gasteiger partial charge >= 0.3 is 0 Å². The summed E-state index contributed by atoms with van der Waals surface area (Å²) in [7, 11) is -1.52. The first kappa shape index (κ1) is 17.0. The summed E-state index contributed by atoms with van der Waals surface area (Å²) in [6.07, 6.45) is 1.88. The van der Waals surface area contributed by atoms with Crippen LogP contribution in [0.25, 0.3) is 0 Å². The van der Waals surface area contributed by atoms with E-state index in [2.05, 4.69) is 12.2 Å². The molecular formula is C14H21ClN2O2S. The fourth-order valence-corrected chi connectivity index (χ4v) is 3.26. The Kier molecular flexibility index (Phi) is 6.49. The van der Waals surface area contributed by atoms with E-state index in [-0.39, 0.29) is 11.9 Å². The monoisotopic (exact) mass is 316 g/mol. The molecule has 0 aromatic heterocycles. The third-order valence-electron chi connectivity index (χ3n) is 2.99. The first-order valence-corrected chi connectivity index (χ1v) is 8.21. The molecule has 112 valence electrons. The average Bonchev–Trinajstić information content (AvgIpc) is 2.40. The van der Waals surface area contributed by atoms with Gasteiger partial charge in [-0.25, -0.2) is 0 Å². The third-order valence-corrected chi connectivity index (χ3v) is 4.87. The van der Waals surface area contributed by atoms with Crippen molar-refractivity contribution in [2.75, 3.05) is 5.73 Å². The van der Waals surface area contributed by atoms with Gasteiger partial charge in [0.2, 0.25) is 5.91 Å². The lowest BCUT2D eigenvalue weighted by Gasteiger charge is -2.17. The Hall–Kier alpha value is -1.07. The molecule has 1 aromatic rings. The maximum absolute atomic E-state index is 12.4. The first-order chi connectivity index (χ1) is 9.36. The van der Waals surface area contributed by atoms with Gasteiger partial charge in [0.15, 0.2) is 0 Å². The van der Waals surface area contributed by atoms with E-state index >= 15 is 0 Å². The predicted octanol–water partition coefficient (Wildman–Crippen LogP) is 2.72. The largest absolute Gasteiger partial charge is 0.398 e. The van der Waals surface area contributed by atoms with Gasteiger partial charge in [-0.1, -0.05) is 24.9 Å². The minimum absolute atomic E-state index is 0.0728. The van der Waals surface area contributed by atoms with Crippen LogP contribution in [0.4, 0.5) is 5.69 Å². The van der Waals surface area contributed by atoms with Gasteiger partial charge in [0, 0.05) is 16.8 Å². The lowest BCUT2D eigenvalue weighted by Crippen LogP contribution is -2.40. The van der Waals surface area contributed by atoms with Crippen molar-refractivity contribution in [3.63, 3.8) is 0 Å². The molecule has 4 nitrogen and oxygen atoms in total. The molecule has 3 atom stereocenters. The summed E-state index contributed by atoms with van der Waals surface area (Å²) >= 11 is 5.88. The van der Waals surface area contributed by atoms with Crippen LogP contribution < -0.4 is 11.1 Å². The molecule has 1 amide bonds. The molecule has 0 aliphatic rings. The summed E-state index contributed by atoms with van der Waals surface area (Å²) < 4.78 is 12.4. The van der Waals surface area contributed by atoms with E-state index in [9.17, 15) is 9.00 Å². The van der Waals surface area contributed by atoms with Crippen LogP contribution in [0.15, 0.2) is 23.1 Å². The lowest BCUT2D eigenvalue weighted by molar-refractivity contribution is -0.121. The standard InChI is InChI=1S/C14H21ClN2O2S/c1-4-5-9(2)17-14(18)10(3)20(19)13-8-11(15)6-7-12(13)16/h6-10H,4-5,16H2,1-3H3,(H,17,18). The van der Waals surface area contributed by atoms with Crippen molar-refractivity contribution in [1.29, 1.82) is 0 Å². The molecule has 0 aliphatic heterocycles. The number of halogens is 1. The van der Waals surface area contributed by atoms with Gasteiger partial charge in [0.25, 0.3) is 0 Å². The Morgan fingerprint density at radius 2 is 2.10 bits per heavy atom. The molecule has 0 heterocycles. The number of hydrogen-bond acceptors (Lipinski definition) is 3. The molecular weight excluding hydrogens is 296 g/mol. The van der Waals surface area contributed by atoms with Crippen LogP contribution >= 0.6 is 11.6 Å². The molecule has 0 bridgehead atoms. The van der Waals surface area contributed by atoms with Crippen molar-refractivity contribution in [1.82, 2.24) is 5.32 Å². The zero-order chi connectivity index (χ0) is 15.3. The molecule has 0 radical (unpaired) electrons. The van der Waals surface area contributed by atoms with Gasteiger partial charge < -0.3 is 11.1 Å². The molecule has 0 saturated carbocycles. The minimum Gasteiger partial charge on any atom is -0.398 e. The van der Waals surface area contributed by atoms with Crippen molar-refractivity contribution in [3.8, 4) is 0 Å². The van der Waals surface area contributed by atoms with Gasteiger partial charge in [-0.3, -0.25) is 9.00 Å². The van der Waals surface area contributed by atoms with Gasteiger partial charge in [0.1, 0.15) is 5.25 Å². The van der Waals surface area contributed by atoms with E-state index in [1.807, 2.05) is 6.92 Å². The Bertz CT molecular complexity index is 508. The van der Waals surface area contributed by atoms with Gasteiger partial charge in [-0.2, -0.15) is 0 Å². The molecule has 20 heavy (non-hydrogen) atoms. The second-order valence-corrected chi connectivity index (χ2v) is 7.00. The number of nitrogen functional groups attached to an aromatic ring is 1. The Morgan fingerprint density at radius 3 is 2.70 bits per heavy atom. The summed E-state index contributed by atoms with van der Waals surface area (Å²) in [4.78, 5) is 12.5. The molecule has 3 unspecified atom stereocenters. The average molecular weight is 317 g/mol. The zero-order valence-corrected chi connectivity index (χ0v) is 13.6. The van der Waals surface area contributed by atoms with Crippen molar-refractivity contribution < 1.29 is 9.00 Å². The van der Waals surface area contributed by atoms with Crippen LogP contribution in [0.2, 0.25) is 5.02 Å². The fraction of sp³-hybridized carbons (Fsp3) is 0.500. The number of nitrogens with one attached hydrogen (secondary N) is 1. The van der Waals surface area contributed by atoms with Crippen LogP contribution in [0, 0.1) is 0 Å². The van der Waals surface area contributed by atoms with Crippen molar-refractivity contribution in [2.24, 2.45) is 0 Å². The van der Waals surface area contributed by atoms with Gasteiger partial charge in [0.05, 0.1) is 15.7 Å². The molecule has 0 spiro atoms. The Balaban J connectivity index is 2.80. The number of hydrogen-bond donors (Lipinski definition) is 2. The topological polar surface area (TPSA) is 72.2 Å². The maximum atomic E-state index is 12.4. The molecule has 3 N–H and O–H groups in total. The Labute approximate surface area is 127 Å². The second kappa shape index (κ2) is 7.64. The van der Waals surface area contributed by atoms with Crippen molar-refractivity contribution in [3.05, 3.63) is 23.2 Å². The van der Waals surface area contributed by atoms with E-state index in [0.717, 1.165) is 12.8 Å². The quantitative estimate of drug-likeness (QED) is 0.793. The van der Waals surface area contributed by atoms with Crippen LogP contribution in [0.5, 0.6) is 0 Å². The highest BCUT2D eigenvalue weighted by atomic mass is 35.5. The van der Waals surface area contributed by atoms with Gasteiger partial charge in [-0.05, 0) is 38.5 Å². The molecule has 0 aliphatic carbocycles. The highest BCUT2D eigenvalue weighted by molar-refractivity contribution is 7.86. The zero-order valence-electron chi connectivity index (χ0n) is 12.0. The number of rotatable bonds is 6. The second-order valence-electron chi connectivity index (χ2n) is 4.82. The number of amides is 1. The number of carbonyl (C=O) groups excluding carboxylic acids is 1. The van der Waals surface area contributed by atoms with E-state index in [1.54, 1.807) is 25.1 Å². The van der Waals surface area contributed by atoms with Crippen LogP contribution in [0.1, 0.15) is 33.6 Å². The third kappa shape index (κ3) is 4.49. The highest BCUT2D eigenvalue weighted by Crippen LogP contribution is 2.23. The number of benzene rings is 1. The molecule has 1 rings (SSSR count). The number of anilines is 1. The SMILES string of the molecule is CCCC(C)NC(=O)C(C)S(=O)c1cc(Cl)ccc1N. The van der Waals surface area contributed by atoms with Crippen LogP contribution in [0.3, 0.4) is 0 Å². The smallest absolute Gasteiger partial charge is 0.236 e. The van der Waals surface area contributed by atoms with Crippen molar-refractivity contribution in [2.45, 2.75) is 49.8 Å². The van der Waals surface area contributed by atoms with Crippen molar-refractivity contribution >= 4 is 34.0 Å². The summed E-state index contributed by atoms with van der Waals surface area (Å²) in [5.41, 5.74) is 6.18. The highest BCUT2D eigenvalue weighted by Gasteiger charge is 2.24. The summed E-state index contributed by atoms with van der Waals surface area (Å²) in [5, 5.41) is 2.64. The summed E-state index contributed by atoms with van der Waals surface area (Å²) in [6, 6.07) is 4.85. The Morgan fingerprint density at radius 1 is 1.45 bits per heavy atom. The predicted molar refractivity (Wildman–Crippen MR) is 84.2 cm³/mol. The number of nitrogens with two attached hydrogens (primary N) is 1. The van der Waals surface area contributed by atoms with E-state index in [1.165, 1.54) is 0 Å². The molecule has 6 heteroatoms. The van der Waals surface area contributed by atoms with E-state index in [0.29, 0.717) is 15.6 Å². The fourth-order valence-electron chi connectivity index (χ4n) is 1.84. The van der Waals surface area contributed by atoms with Crippen LogP contribution in [-0.2, 0) is 15.6 Å².